The highest BCUT2D eigenvalue weighted by Crippen LogP contribution is 2.27. The summed E-state index contributed by atoms with van der Waals surface area (Å²) in [7, 11) is 0. The lowest BCUT2D eigenvalue weighted by Gasteiger charge is -2.10. The zero-order valence-corrected chi connectivity index (χ0v) is 10.6. The molecule has 90 valence electrons. The first-order chi connectivity index (χ1) is 8.61. The summed E-state index contributed by atoms with van der Waals surface area (Å²) in [5.74, 6) is -1.35. The van der Waals surface area contributed by atoms with E-state index in [1.807, 2.05) is 6.07 Å². The zero-order valence-electron chi connectivity index (χ0n) is 9.05. The molecule has 0 saturated heterocycles. The van der Waals surface area contributed by atoms with E-state index >= 15 is 0 Å². The molecule has 0 spiro atoms. The maximum Gasteiger partial charge on any atom is 0.149 e. The summed E-state index contributed by atoms with van der Waals surface area (Å²) < 4.78 is 26.9. The van der Waals surface area contributed by atoms with Gasteiger partial charge >= 0.3 is 0 Å². The van der Waals surface area contributed by atoms with Gasteiger partial charge in [0, 0.05) is 10.5 Å². The molecule has 0 saturated carbocycles. The van der Waals surface area contributed by atoms with Crippen LogP contribution in [-0.4, -0.2) is 0 Å². The van der Waals surface area contributed by atoms with Gasteiger partial charge in [-0.3, -0.25) is 0 Å². The van der Waals surface area contributed by atoms with Crippen molar-refractivity contribution in [2.45, 2.75) is 0 Å². The van der Waals surface area contributed by atoms with Gasteiger partial charge in [0.15, 0.2) is 0 Å². The monoisotopic (exact) mass is 308 g/mol. The van der Waals surface area contributed by atoms with Gasteiger partial charge in [-0.1, -0.05) is 6.07 Å². The van der Waals surface area contributed by atoms with E-state index in [1.165, 1.54) is 6.07 Å². The number of hydrogen-bond donors (Lipinski definition) is 1. The molecule has 2 rings (SSSR count). The summed E-state index contributed by atoms with van der Waals surface area (Å²) in [6, 6.07) is 10.3. The number of halogens is 3. The Kier molecular flexibility index (Phi) is 3.58. The highest BCUT2D eigenvalue weighted by Gasteiger charge is 2.09. The predicted molar refractivity (Wildman–Crippen MR) is 68.5 cm³/mol. The maximum atomic E-state index is 13.5. The van der Waals surface area contributed by atoms with E-state index in [2.05, 4.69) is 21.2 Å². The molecule has 2 nitrogen and oxygen atoms in total. The number of benzene rings is 2. The molecule has 0 atom stereocenters. The van der Waals surface area contributed by atoms with Crippen molar-refractivity contribution in [2.24, 2.45) is 0 Å². The van der Waals surface area contributed by atoms with Crippen molar-refractivity contribution in [3.8, 4) is 6.07 Å². The number of anilines is 2. The molecule has 1 N–H and O–H groups in total. The van der Waals surface area contributed by atoms with Crippen molar-refractivity contribution in [1.29, 1.82) is 5.26 Å². The summed E-state index contributed by atoms with van der Waals surface area (Å²) in [5.41, 5.74) is 0.935. The summed E-state index contributed by atoms with van der Waals surface area (Å²) >= 11 is 3.23. The van der Waals surface area contributed by atoms with E-state index in [-0.39, 0.29) is 5.69 Å². The fraction of sp³-hybridized carbons (Fsp3) is 0. The molecule has 18 heavy (non-hydrogen) atoms. The second kappa shape index (κ2) is 5.15. The fourth-order valence-electron chi connectivity index (χ4n) is 1.48. The Morgan fingerprint density at radius 2 is 1.89 bits per heavy atom. The Bertz CT molecular complexity index is 635. The van der Waals surface area contributed by atoms with Gasteiger partial charge in [0.2, 0.25) is 0 Å². The van der Waals surface area contributed by atoms with Crippen molar-refractivity contribution in [3.63, 3.8) is 0 Å². The SMILES string of the molecule is N#Cc1c(Br)cccc1Nc1ccc(F)cc1F. The molecule has 0 aromatic heterocycles. The van der Waals surface area contributed by atoms with Crippen molar-refractivity contribution in [1.82, 2.24) is 0 Å². The van der Waals surface area contributed by atoms with Gasteiger partial charge < -0.3 is 5.32 Å². The summed E-state index contributed by atoms with van der Waals surface area (Å²) in [5, 5.41) is 11.8. The van der Waals surface area contributed by atoms with Gasteiger partial charge in [0.25, 0.3) is 0 Å². The average molecular weight is 309 g/mol. The zero-order chi connectivity index (χ0) is 13.1. The Morgan fingerprint density at radius 1 is 1.11 bits per heavy atom. The van der Waals surface area contributed by atoms with Crippen LogP contribution in [0.2, 0.25) is 0 Å². The minimum atomic E-state index is -0.709. The maximum absolute atomic E-state index is 13.5. The van der Waals surface area contributed by atoms with Crippen LogP contribution in [0.15, 0.2) is 40.9 Å². The first-order valence-corrected chi connectivity index (χ1v) is 5.82. The molecule has 0 heterocycles. The third-order valence-corrected chi connectivity index (χ3v) is 2.99. The topological polar surface area (TPSA) is 35.8 Å². The van der Waals surface area contributed by atoms with E-state index in [4.69, 9.17) is 5.26 Å². The van der Waals surface area contributed by atoms with E-state index < -0.39 is 11.6 Å². The van der Waals surface area contributed by atoms with Crippen LogP contribution in [0.3, 0.4) is 0 Å². The Morgan fingerprint density at radius 3 is 2.56 bits per heavy atom. The quantitative estimate of drug-likeness (QED) is 0.895. The number of rotatable bonds is 2. The molecule has 0 unspecified atom stereocenters. The van der Waals surface area contributed by atoms with Crippen LogP contribution >= 0.6 is 15.9 Å². The first kappa shape index (κ1) is 12.5. The largest absolute Gasteiger partial charge is 0.352 e. The van der Waals surface area contributed by atoms with Crippen LogP contribution in [0.5, 0.6) is 0 Å². The lowest BCUT2D eigenvalue weighted by molar-refractivity contribution is 0.586. The minimum Gasteiger partial charge on any atom is -0.352 e. The third kappa shape index (κ3) is 2.49. The number of nitrogens with one attached hydrogen (secondary N) is 1. The standard InChI is InChI=1S/C13H7BrF2N2/c14-10-2-1-3-12(9(10)7-17)18-13-5-4-8(15)6-11(13)16/h1-6,18H. The normalized spacial score (nSPS) is 9.89. The lowest BCUT2D eigenvalue weighted by Crippen LogP contribution is -1.97. The van der Waals surface area contributed by atoms with E-state index in [1.54, 1.807) is 18.2 Å². The summed E-state index contributed by atoms with van der Waals surface area (Å²) in [6.45, 7) is 0. The molecule has 0 aliphatic carbocycles. The molecule has 2 aromatic rings. The smallest absolute Gasteiger partial charge is 0.149 e. The minimum absolute atomic E-state index is 0.117. The van der Waals surface area contributed by atoms with Gasteiger partial charge in [-0.05, 0) is 40.2 Å². The molecule has 0 fully saturated rings. The molecule has 0 aliphatic heterocycles. The number of hydrogen-bond acceptors (Lipinski definition) is 2. The first-order valence-electron chi connectivity index (χ1n) is 5.02. The Balaban J connectivity index is 2.41. The van der Waals surface area contributed by atoms with Gasteiger partial charge in [-0.2, -0.15) is 5.26 Å². The van der Waals surface area contributed by atoms with Crippen LogP contribution in [0.4, 0.5) is 20.2 Å². The molecule has 0 radical (unpaired) electrons. The van der Waals surface area contributed by atoms with Gasteiger partial charge in [-0.15, -0.1) is 0 Å². The number of nitrogens with zero attached hydrogens (tertiary/aromatic N) is 1. The van der Waals surface area contributed by atoms with Gasteiger partial charge in [0.1, 0.15) is 17.7 Å². The van der Waals surface area contributed by atoms with Gasteiger partial charge in [0.05, 0.1) is 16.9 Å². The second-order valence-corrected chi connectivity index (χ2v) is 4.38. The van der Waals surface area contributed by atoms with E-state index in [0.717, 1.165) is 12.1 Å². The van der Waals surface area contributed by atoms with Crippen molar-refractivity contribution in [2.75, 3.05) is 5.32 Å². The van der Waals surface area contributed by atoms with Gasteiger partial charge in [-0.25, -0.2) is 8.78 Å². The van der Waals surface area contributed by atoms with Crippen LogP contribution in [0.25, 0.3) is 0 Å². The molecule has 5 heteroatoms. The summed E-state index contributed by atoms with van der Waals surface area (Å²) in [6.07, 6.45) is 0. The molecular weight excluding hydrogens is 302 g/mol. The average Bonchev–Trinajstić information content (AvgIpc) is 2.33. The summed E-state index contributed by atoms with van der Waals surface area (Å²) in [4.78, 5) is 0. The molecule has 0 aliphatic rings. The highest BCUT2D eigenvalue weighted by molar-refractivity contribution is 9.10. The fourth-order valence-corrected chi connectivity index (χ4v) is 1.93. The third-order valence-electron chi connectivity index (χ3n) is 2.33. The Labute approximate surface area is 111 Å². The predicted octanol–water partition coefficient (Wildman–Crippen LogP) is 4.34. The molecule has 2 aromatic carbocycles. The molecular formula is C13H7BrF2N2. The lowest BCUT2D eigenvalue weighted by atomic mass is 10.2. The highest BCUT2D eigenvalue weighted by atomic mass is 79.9. The van der Waals surface area contributed by atoms with E-state index in [9.17, 15) is 8.78 Å². The number of nitriles is 1. The van der Waals surface area contributed by atoms with Crippen LogP contribution in [0.1, 0.15) is 5.56 Å². The van der Waals surface area contributed by atoms with Crippen molar-refractivity contribution >= 4 is 27.3 Å². The van der Waals surface area contributed by atoms with Crippen LogP contribution in [-0.2, 0) is 0 Å². The van der Waals surface area contributed by atoms with Crippen molar-refractivity contribution in [3.05, 3.63) is 58.1 Å². The van der Waals surface area contributed by atoms with Crippen LogP contribution < -0.4 is 5.32 Å². The molecule has 0 amide bonds. The van der Waals surface area contributed by atoms with E-state index in [0.29, 0.717) is 15.7 Å². The Hall–Kier alpha value is -1.93. The second-order valence-electron chi connectivity index (χ2n) is 3.52. The van der Waals surface area contributed by atoms with Crippen molar-refractivity contribution < 1.29 is 8.78 Å². The molecule has 0 bridgehead atoms. The van der Waals surface area contributed by atoms with Crippen LogP contribution in [0, 0.1) is 23.0 Å².